The second kappa shape index (κ2) is 8.01. The van der Waals surface area contributed by atoms with Crippen LogP contribution in [-0.2, 0) is 18.8 Å². The number of alkyl halides is 6. The van der Waals surface area contributed by atoms with Gasteiger partial charge in [-0.25, -0.2) is 4.98 Å². The van der Waals surface area contributed by atoms with E-state index in [1.54, 1.807) is 6.92 Å². The maximum atomic E-state index is 13.2. The van der Waals surface area contributed by atoms with E-state index in [1.807, 2.05) is 0 Å². The number of halogens is 7. The topological polar surface area (TPSA) is 63.9 Å². The summed E-state index contributed by atoms with van der Waals surface area (Å²) in [5, 5.41) is 7.19. The first-order chi connectivity index (χ1) is 15.4. The van der Waals surface area contributed by atoms with Crippen LogP contribution >= 0.6 is 11.6 Å². The van der Waals surface area contributed by atoms with E-state index in [4.69, 9.17) is 11.6 Å². The van der Waals surface area contributed by atoms with Gasteiger partial charge in [0.05, 0.1) is 27.9 Å². The molecule has 0 spiro atoms. The number of hydrogen-bond donors (Lipinski definition) is 0. The molecule has 174 valence electrons. The second-order valence-corrected chi connectivity index (χ2v) is 7.68. The van der Waals surface area contributed by atoms with Gasteiger partial charge >= 0.3 is 12.4 Å². The van der Waals surface area contributed by atoms with Gasteiger partial charge in [-0.05, 0) is 31.2 Å². The van der Waals surface area contributed by atoms with Crippen molar-refractivity contribution in [2.75, 3.05) is 6.54 Å². The predicted molar refractivity (Wildman–Crippen MR) is 104 cm³/mol. The zero-order valence-corrected chi connectivity index (χ0v) is 17.5. The van der Waals surface area contributed by atoms with Crippen molar-refractivity contribution in [1.29, 1.82) is 0 Å². The van der Waals surface area contributed by atoms with E-state index in [9.17, 15) is 31.1 Å². The Balaban J connectivity index is 1.66. The highest BCUT2D eigenvalue weighted by Crippen LogP contribution is 2.38. The van der Waals surface area contributed by atoms with Crippen molar-refractivity contribution < 1.29 is 31.1 Å². The lowest BCUT2D eigenvalue weighted by Crippen LogP contribution is -2.39. The van der Waals surface area contributed by atoms with Gasteiger partial charge in [-0.1, -0.05) is 28.9 Å². The average Bonchev–Trinajstić information content (AvgIpc) is 3.17. The summed E-state index contributed by atoms with van der Waals surface area (Å²) in [7, 11) is 0. The molecule has 1 amide bonds. The number of carbonyl (C=O) groups excluding carboxylic acids is 1. The molecule has 1 aliphatic rings. The SMILES string of the molecule is C[C@@H]1c2nnn(-c3cccc(C(F)(F)F)n3)c2CCN1C(=O)c1cccc(C(F)(F)F)c1Cl. The number of carbonyl (C=O) groups is 1. The van der Waals surface area contributed by atoms with Gasteiger partial charge in [-0.15, -0.1) is 5.10 Å². The molecule has 6 nitrogen and oxygen atoms in total. The van der Waals surface area contributed by atoms with Gasteiger partial charge in [0.1, 0.15) is 11.4 Å². The first-order valence-electron chi connectivity index (χ1n) is 9.55. The zero-order valence-electron chi connectivity index (χ0n) is 16.7. The number of aromatic nitrogens is 4. The lowest BCUT2D eigenvalue weighted by molar-refractivity contribution is -0.141. The number of rotatable bonds is 2. The van der Waals surface area contributed by atoms with E-state index in [2.05, 4.69) is 15.3 Å². The molecule has 0 fully saturated rings. The Labute approximate surface area is 187 Å². The molecule has 4 rings (SSSR count). The standard InChI is InChI=1S/C20H14ClF6N5O/c1-10-17-13(32(30-29-17)15-7-3-6-14(28-15)20(25,26)27)8-9-31(10)18(33)11-4-2-5-12(16(11)21)19(22,23)24/h2-7,10H,8-9H2,1H3/t10-/m1/s1. The highest BCUT2D eigenvalue weighted by Gasteiger charge is 2.38. The van der Waals surface area contributed by atoms with Crippen molar-refractivity contribution >= 4 is 17.5 Å². The van der Waals surface area contributed by atoms with E-state index in [0.29, 0.717) is 11.4 Å². The molecule has 33 heavy (non-hydrogen) atoms. The van der Waals surface area contributed by atoms with Crippen LogP contribution in [0.4, 0.5) is 26.3 Å². The third-order valence-corrected chi connectivity index (χ3v) is 5.69. The Morgan fingerprint density at radius 3 is 2.42 bits per heavy atom. The zero-order chi connectivity index (χ0) is 24.1. The highest BCUT2D eigenvalue weighted by atomic mass is 35.5. The quantitative estimate of drug-likeness (QED) is 0.469. The molecular formula is C20H14ClF6N5O. The number of nitrogens with zero attached hydrogens (tertiary/aromatic N) is 5. The van der Waals surface area contributed by atoms with E-state index in [-0.39, 0.29) is 24.3 Å². The summed E-state index contributed by atoms with van der Waals surface area (Å²) in [5.41, 5.74) is -1.77. The molecule has 1 aliphatic heterocycles. The monoisotopic (exact) mass is 489 g/mol. The van der Waals surface area contributed by atoms with Crippen molar-refractivity contribution in [2.24, 2.45) is 0 Å². The molecule has 0 unspecified atom stereocenters. The normalized spacial score (nSPS) is 16.6. The Hall–Kier alpha value is -3.15. The Morgan fingerprint density at radius 2 is 1.76 bits per heavy atom. The van der Waals surface area contributed by atoms with Gasteiger partial charge < -0.3 is 4.90 Å². The van der Waals surface area contributed by atoms with Crippen LogP contribution in [0.15, 0.2) is 36.4 Å². The summed E-state index contributed by atoms with van der Waals surface area (Å²) >= 11 is 5.89. The molecule has 0 radical (unpaired) electrons. The van der Waals surface area contributed by atoms with Crippen LogP contribution in [0, 0.1) is 0 Å². The summed E-state index contributed by atoms with van der Waals surface area (Å²) in [4.78, 5) is 17.9. The van der Waals surface area contributed by atoms with Crippen molar-refractivity contribution in [2.45, 2.75) is 31.7 Å². The van der Waals surface area contributed by atoms with Crippen LogP contribution in [0.3, 0.4) is 0 Å². The number of benzene rings is 1. The van der Waals surface area contributed by atoms with E-state index >= 15 is 0 Å². The first kappa shape index (κ1) is 23.0. The van der Waals surface area contributed by atoms with Gasteiger partial charge in [-0.3, -0.25) is 4.79 Å². The minimum absolute atomic E-state index is 0.0614. The van der Waals surface area contributed by atoms with E-state index in [1.165, 1.54) is 27.8 Å². The molecule has 0 saturated carbocycles. The van der Waals surface area contributed by atoms with Gasteiger partial charge in [0.25, 0.3) is 5.91 Å². The lowest BCUT2D eigenvalue weighted by Gasteiger charge is -2.33. The van der Waals surface area contributed by atoms with Crippen LogP contribution in [-0.4, -0.2) is 37.3 Å². The van der Waals surface area contributed by atoms with Crippen molar-refractivity contribution in [1.82, 2.24) is 24.9 Å². The van der Waals surface area contributed by atoms with Crippen molar-refractivity contribution in [3.8, 4) is 5.82 Å². The fourth-order valence-electron chi connectivity index (χ4n) is 3.67. The molecule has 2 aromatic heterocycles. The first-order valence-corrected chi connectivity index (χ1v) is 9.93. The van der Waals surface area contributed by atoms with Gasteiger partial charge in [-0.2, -0.15) is 31.0 Å². The Morgan fingerprint density at radius 1 is 1.06 bits per heavy atom. The maximum Gasteiger partial charge on any atom is 0.433 e. The maximum absolute atomic E-state index is 13.2. The minimum Gasteiger partial charge on any atom is -0.330 e. The van der Waals surface area contributed by atoms with E-state index < -0.39 is 40.6 Å². The molecule has 0 saturated heterocycles. The lowest BCUT2D eigenvalue weighted by atomic mass is 10.0. The smallest absolute Gasteiger partial charge is 0.330 e. The van der Waals surface area contributed by atoms with Crippen molar-refractivity contribution in [3.63, 3.8) is 0 Å². The van der Waals surface area contributed by atoms with Gasteiger partial charge in [0, 0.05) is 13.0 Å². The fraction of sp³-hybridized carbons (Fsp3) is 0.300. The summed E-state index contributed by atoms with van der Waals surface area (Å²) in [6.45, 7) is 1.65. The van der Waals surface area contributed by atoms with Crippen LogP contribution in [0.1, 0.15) is 46.0 Å². The summed E-state index contributed by atoms with van der Waals surface area (Å²) in [6, 6.07) is 5.72. The Bertz CT molecular complexity index is 1220. The molecule has 0 N–H and O–H groups in total. The molecule has 0 bridgehead atoms. The molecule has 1 aromatic carbocycles. The number of pyridine rings is 1. The Kier molecular flexibility index (Phi) is 5.59. The van der Waals surface area contributed by atoms with E-state index in [0.717, 1.165) is 18.2 Å². The number of amides is 1. The molecule has 3 heterocycles. The fourth-order valence-corrected chi connectivity index (χ4v) is 3.98. The molecule has 3 aromatic rings. The summed E-state index contributed by atoms with van der Waals surface area (Å²) < 4.78 is 79.7. The number of fused-ring (bicyclic) bond motifs is 1. The van der Waals surface area contributed by atoms with Gasteiger partial charge in [0.15, 0.2) is 5.82 Å². The minimum atomic E-state index is -4.73. The van der Waals surface area contributed by atoms with Crippen LogP contribution in [0.25, 0.3) is 5.82 Å². The van der Waals surface area contributed by atoms with Crippen LogP contribution < -0.4 is 0 Å². The van der Waals surface area contributed by atoms with Crippen LogP contribution in [0.2, 0.25) is 5.02 Å². The largest absolute Gasteiger partial charge is 0.433 e. The summed E-state index contributed by atoms with van der Waals surface area (Å²) in [5.74, 6) is -0.817. The molecular weight excluding hydrogens is 476 g/mol. The number of hydrogen-bond acceptors (Lipinski definition) is 4. The van der Waals surface area contributed by atoms with Crippen LogP contribution in [0.5, 0.6) is 0 Å². The highest BCUT2D eigenvalue weighted by molar-refractivity contribution is 6.34. The third-order valence-electron chi connectivity index (χ3n) is 5.28. The molecule has 13 heteroatoms. The average molecular weight is 490 g/mol. The van der Waals surface area contributed by atoms with Crippen molar-refractivity contribution in [3.05, 3.63) is 69.6 Å². The molecule has 0 aliphatic carbocycles. The summed E-state index contributed by atoms with van der Waals surface area (Å²) in [6.07, 6.45) is -9.22. The third kappa shape index (κ3) is 4.14. The predicted octanol–water partition coefficient (Wildman–Crippen LogP) is 5.11. The molecule has 1 atom stereocenters. The van der Waals surface area contributed by atoms with Gasteiger partial charge in [0.2, 0.25) is 0 Å². The second-order valence-electron chi connectivity index (χ2n) is 7.30.